The zero-order valence-corrected chi connectivity index (χ0v) is 14.1. The molecule has 1 amide bonds. The minimum atomic E-state index is -0.418. The summed E-state index contributed by atoms with van der Waals surface area (Å²) in [4.78, 5) is 29.4. The number of imidazole rings is 1. The average molecular weight is 343 g/mol. The number of hydrogen-bond acceptors (Lipinski definition) is 5. The first-order valence-electron chi connectivity index (χ1n) is 8.27. The number of aryl methyl sites for hydroxylation is 2. The molecular weight excluding hydrogens is 322 g/mol. The van der Waals surface area contributed by atoms with Gasteiger partial charge in [-0.1, -0.05) is 12.1 Å². The fraction of sp³-hybridized carbons (Fsp3) is 0.412. The fourth-order valence-corrected chi connectivity index (χ4v) is 3.15. The van der Waals surface area contributed by atoms with Crippen molar-refractivity contribution in [3.05, 3.63) is 58.2 Å². The van der Waals surface area contributed by atoms with Crippen LogP contribution in [0.4, 0.5) is 5.69 Å². The highest BCUT2D eigenvalue weighted by atomic mass is 16.6. The Morgan fingerprint density at radius 1 is 1.48 bits per heavy atom. The summed E-state index contributed by atoms with van der Waals surface area (Å²) in [6.45, 7) is 2.06. The first-order chi connectivity index (χ1) is 12.1. The number of carbonyl (C=O) groups is 1. The first-order valence-corrected chi connectivity index (χ1v) is 8.27. The van der Waals surface area contributed by atoms with Crippen molar-refractivity contribution in [1.29, 1.82) is 0 Å². The van der Waals surface area contributed by atoms with Crippen LogP contribution in [0.15, 0.2) is 36.7 Å². The molecule has 1 aliphatic heterocycles. The standard InChI is InChI=1S/C17H21N5O3/c1-20-9-8-19-17(20)15-12-18-7-10-21(15)16(23)6-5-13-3-2-4-14(11-13)22(24)25/h2-4,8-9,11,15,18H,5-7,10,12H2,1H3. The summed E-state index contributed by atoms with van der Waals surface area (Å²) in [6, 6.07) is 6.36. The third-order valence-corrected chi connectivity index (χ3v) is 4.47. The van der Waals surface area contributed by atoms with E-state index in [0.717, 1.165) is 17.9 Å². The zero-order chi connectivity index (χ0) is 17.8. The number of nitrogens with one attached hydrogen (secondary N) is 1. The Labute approximate surface area is 145 Å². The minimum absolute atomic E-state index is 0.0426. The van der Waals surface area contributed by atoms with Crippen molar-refractivity contribution in [3.8, 4) is 0 Å². The Bertz CT molecular complexity index is 773. The number of nitro groups is 1. The third-order valence-electron chi connectivity index (χ3n) is 4.47. The summed E-state index contributed by atoms with van der Waals surface area (Å²) in [5.74, 6) is 0.900. The maximum atomic E-state index is 12.7. The molecule has 1 N–H and O–H groups in total. The van der Waals surface area contributed by atoms with Crippen LogP contribution in [-0.4, -0.2) is 44.9 Å². The third kappa shape index (κ3) is 3.85. The topological polar surface area (TPSA) is 93.3 Å². The molecule has 0 saturated carbocycles. The van der Waals surface area contributed by atoms with Gasteiger partial charge in [-0.2, -0.15) is 0 Å². The monoisotopic (exact) mass is 343 g/mol. The van der Waals surface area contributed by atoms with Crippen LogP contribution >= 0.6 is 0 Å². The van der Waals surface area contributed by atoms with Crippen molar-refractivity contribution in [2.45, 2.75) is 18.9 Å². The highest BCUT2D eigenvalue weighted by Crippen LogP contribution is 2.22. The number of nitrogens with zero attached hydrogens (tertiary/aromatic N) is 4. The molecule has 2 heterocycles. The number of amides is 1. The fourth-order valence-electron chi connectivity index (χ4n) is 3.15. The molecule has 1 aromatic heterocycles. The predicted octanol–water partition coefficient (Wildman–Crippen LogP) is 1.43. The van der Waals surface area contributed by atoms with E-state index in [2.05, 4.69) is 10.3 Å². The van der Waals surface area contributed by atoms with Gasteiger partial charge in [0.15, 0.2) is 0 Å². The van der Waals surface area contributed by atoms with Crippen LogP contribution in [0.25, 0.3) is 0 Å². The van der Waals surface area contributed by atoms with Crippen LogP contribution < -0.4 is 5.32 Å². The summed E-state index contributed by atoms with van der Waals surface area (Å²) in [6.07, 6.45) is 4.41. The quantitative estimate of drug-likeness (QED) is 0.655. The minimum Gasteiger partial charge on any atom is -0.336 e. The van der Waals surface area contributed by atoms with Gasteiger partial charge in [0.05, 0.1) is 4.92 Å². The van der Waals surface area contributed by atoms with Crippen LogP contribution in [-0.2, 0) is 18.3 Å². The molecule has 0 spiro atoms. The van der Waals surface area contributed by atoms with Gasteiger partial charge in [-0.05, 0) is 12.0 Å². The number of nitro benzene ring substituents is 1. The lowest BCUT2D eigenvalue weighted by atomic mass is 10.1. The van der Waals surface area contributed by atoms with Gasteiger partial charge in [-0.25, -0.2) is 4.98 Å². The molecule has 8 heteroatoms. The lowest BCUT2D eigenvalue weighted by Gasteiger charge is -2.35. The lowest BCUT2D eigenvalue weighted by molar-refractivity contribution is -0.384. The molecule has 132 valence electrons. The molecule has 2 aromatic rings. The second kappa shape index (κ2) is 7.43. The summed E-state index contributed by atoms with van der Waals surface area (Å²) in [5, 5.41) is 14.2. The molecule has 1 fully saturated rings. The van der Waals surface area contributed by atoms with Crippen molar-refractivity contribution >= 4 is 11.6 Å². The van der Waals surface area contributed by atoms with Gasteiger partial charge in [-0.15, -0.1) is 0 Å². The molecule has 8 nitrogen and oxygen atoms in total. The van der Waals surface area contributed by atoms with Crippen LogP contribution in [0.2, 0.25) is 0 Å². The zero-order valence-electron chi connectivity index (χ0n) is 14.1. The van der Waals surface area contributed by atoms with Gasteiger partial charge < -0.3 is 14.8 Å². The molecular formula is C17H21N5O3. The molecule has 3 rings (SSSR count). The van der Waals surface area contributed by atoms with Crippen LogP contribution in [0, 0.1) is 10.1 Å². The summed E-state index contributed by atoms with van der Waals surface area (Å²) in [5.41, 5.74) is 0.851. The Balaban J connectivity index is 1.68. The number of rotatable bonds is 5. The van der Waals surface area contributed by atoms with Crippen LogP contribution in [0.5, 0.6) is 0 Å². The van der Waals surface area contributed by atoms with E-state index in [1.807, 2.05) is 28.8 Å². The summed E-state index contributed by atoms with van der Waals surface area (Å²) < 4.78 is 1.93. The van der Waals surface area contributed by atoms with Gasteiger partial charge in [-0.3, -0.25) is 14.9 Å². The maximum Gasteiger partial charge on any atom is 0.269 e. The van der Waals surface area contributed by atoms with Crippen LogP contribution in [0.3, 0.4) is 0 Å². The molecule has 25 heavy (non-hydrogen) atoms. The number of hydrogen-bond donors (Lipinski definition) is 1. The predicted molar refractivity (Wildman–Crippen MR) is 91.9 cm³/mol. The Kier molecular flexibility index (Phi) is 5.08. The van der Waals surface area contributed by atoms with Crippen LogP contribution in [0.1, 0.15) is 23.9 Å². The number of non-ortho nitro benzene ring substituents is 1. The molecule has 1 aliphatic rings. The number of aromatic nitrogens is 2. The van der Waals surface area contributed by atoms with Crippen molar-refractivity contribution in [2.75, 3.05) is 19.6 Å². The molecule has 0 radical (unpaired) electrons. The van der Waals surface area contributed by atoms with E-state index in [0.29, 0.717) is 25.9 Å². The average Bonchev–Trinajstić information content (AvgIpc) is 3.05. The van der Waals surface area contributed by atoms with Crippen molar-refractivity contribution in [2.24, 2.45) is 7.05 Å². The number of piperazine rings is 1. The van der Waals surface area contributed by atoms with E-state index in [4.69, 9.17) is 0 Å². The molecule has 0 aliphatic carbocycles. The van der Waals surface area contributed by atoms with E-state index in [9.17, 15) is 14.9 Å². The van der Waals surface area contributed by atoms with E-state index in [1.54, 1.807) is 12.3 Å². The molecule has 1 atom stereocenters. The largest absolute Gasteiger partial charge is 0.336 e. The van der Waals surface area contributed by atoms with Gasteiger partial charge in [0.1, 0.15) is 11.9 Å². The maximum absolute atomic E-state index is 12.7. The van der Waals surface area contributed by atoms with Crippen molar-refractivity contribution in [1.82, 2.24) is 19.8 Å². The van der Waals surface area contributed by atoms with E-state index in [-0.39, 0.29) is 17.6 Å². The summed E-state index contributed by atoms with van der Waals surface area (Å²) >= 11 is 0. The molecule has 1 aromatic carbocycles. The van der Waals surface area contributed by atoms with E-state index in [1.165, 1.54) is 12.1 Å². The van der Waals surface area contributed by atoms with Crippen molar-refractivity contribution in [3.63, 3.8) is 0 Å². The summed E-state index contributed by atoms with van der Waals surface area (Å²) in [7, 11) is 1.92. The smallest absolute Gasteiger partial charge is 0.269 e. The second-order valence-corrected chi connectivity index (χ2v) is 6.13. The molecule has 1 unspecified atom stereocenters. The van der Waals surface area contributed by atoms with E-state index < -0.39 is 4.92 Å². The normalized spacial score (nSPS) is 17.5. The van der Waals surface area contributed by atoms with Gasteiger partial charge in [0.2, 0.25) is 5.91 Å². The Morgan fingerprint density at radius 2 is 2.32 bits per heavy atom. The first kappa shape index (κ1) is 17.1. The SMILES string of the molecule is Cn1ccnc1C1CNCCN1C(=O)CCc1cccc([N+](=O)[O-])c1. The highest BCUT2D eigenvalue weighted by Gasteiger charge is 2.30. The van der Waals surface area contributed by atoms with Gasteiger partial charge in [0.25, 0.3) is 5.69 Å². The molecule has 0 bridgehead atoms. The van der Waals surface area contributed by atoms with Gasteiger partial charge >= 0.3 is 0 Å². The Hall–Kier alpha value is -2.74. The van der Waals surface area contributed by atoms with Gasteiger partial charge in [0, 0.05) is 57.6 Å². The lowest BCUT2D eigenvalue weighted by Crippen LogP contribution is -2.49. The number of carbonyl (C=O) groups excluding carboxylic acids is 1. The highest BCUT2D eigenvalue weighted by molar-refractivity contribution is 5.77. The van der Waals surface area contributed by atoms with E-state index >= 15 is 0 Å². The Morgan fingerprint density at radius 3 is 3.04 bits per heavy atom. The second-order valence-electron chi connectivity index (χ2n) is 6.13. The number of benzene rings is 1. The molecule has 1 saturated heterocycles. The van der Waals surface area contributed by atoms with Crippen molar-refractivity contribution < 1.29 is 9.72 Å².